The van der Waals surface area contributed by atoms with Gasteiger partial charge in [0.05, 0.1) is 11.1 Å². The van der Waals surface area contributed by atoms with Gasteiger partial charge in [-0.3, -0.25) is 0 Å². The lowest BCUT2D eigenvalue weighted by molar-refractivity contribution is 0.188. The van der Waals surface area contributed by atoms with E-state index in [2.05, 4.69) is 26.2 Å². The number of imidazole rings is 1. The van der Waals surface area contributed by atoms with Gasteiger partial charge in [-0.25, -0.2) is 9.37 Å². The summed E-state index contributed by atoms with van der Waals surface area (Å²) in [6.45, 7) is 1.32. The van der Waals surface area contributed by atoms with Crippen molar-refractivity contribution >= 4 is 27.6 Å². The van der Waals surface area contributed by atoms with Gasteiger partial charge in [-0.05, 0) is 34.1 Å². The number of methoxy groups -OCH3 is 1. The molecule has 0 spiro atoms. The maximum atomic E-state index is 13.1. The Hall–Kier alpha value is -1.40. The van der Waals surface area contributed by atoms with Gasteiger partial charge in [-0.2, -0.15) is 0 Å². The van der Waals surface area contributed by atoms with Crippen LogP contribution in [0.5, 0.6) is 0 Å². The van der Waals surface area contributed by atoms with Crippen molar-refractivity contribution in [2.45, 2.75) is 6.54 Å². The summed E-state index contributed by atoms with van der Waals surface area (Å²) < 4.78 is 20.5. The third kappa shape index (κ3) is 3.08. The second-order valence-electron chi connectivity index (χ2n) is 3.69. The first-order valence-electron chi connectivity index (χ1n) is 5.43. The average Bonchev–Trinajstić information content (AvgIpc) is 2.79. The third-order valence-electron chi connectivity index (χ3n) is 2.43. The molecule has 1 N–H and O–H groups in total. The third-order valence-corrected chi connectivity index (χ3v) is 3.04. The zero-order valence-corrected chi connectivity index (χ0v) is 11.4. The molecule has 0 aliphatic rings. The summed E-state index contributed by atoms with van der Waals surface area (Å²) >= 11 is 3.15. The van der Waals surface area contributed by atoms with Crippen LogP contribution in [0.1, 0.15) is 0 Å². The Bertz CT molecular complexity index is 530. The van der Waals surface area contributed by atoms with Gasteiger partial charge in [-0.15, -0.1) is 0 Å². The molecule has 0 atom stereocenters. The number of hydrogen-bond acceptors (Lipinski definition) is 3. The van der Waals surface area contributed by atoms with E-state index >= 15 is 0 Å². The highest BCUT2D eigenvalue weighted by Gasteiger charge is 2.05. The van der Waals surface area contributed by atoms with Gasteiger partial charge in [-0.1, -0.05) is 0 Å². The summed E-state index contributed by atoms with van der Waals surface area (Å²) in [6, 6.07) is 4.73. The van der Waals surface area contributed by atoms with E-state index in [9.17, 15) is 4.39 Å². The summed E-state index contributed by atoms with van der Waals surface area (Å²) in [4.78, 5) is 4.20. The summed E-state index contributed by atoms with van der Waals surface area (Å²) in [7, 11) is 1.65. The van der Waals surface area contributed by atoms with Gasteiger partial charge >= 0.3 is 0 Å². The van der Waals surface area contributed by atoms with Crippen molar-refractivity contribution in [3.05, 3.63) is 40.9 Å². The lowest BCUT2D eigenvalue weighted by Gasteiger charge is -2.09. The summed E-state index contributed by atoms with van der Waals surface area (Å²) in [5, 5.41) is 3.13. The van der Waals surface area contributed by atoms with Crippen molar-refractivity contribution < 1.29 is 9.13 Å². The maximum absolute atomic E-state index is 13.1. The Labute approximate surface area is 113 Å². The number of nitrogens with one attached hydrogen (secondary N) is 1. The normalized spacial score (nSPS) is 10.6. The molecule has 0 radical (unpaired) electrons. The molecule has 0 saturated heterocycles. The molecule has 1 aromatic heterocycles. The smallest absolute Gasteiger partial charge is 0.207 e. The van der Waals surface area contributed by atoms with Crippen LogP contribution in [0.4, 0.5) is 16.0 Å². The van der Waals surface area contributed by atoms with Crippen LogP contribution in [0.25, 0.3) is 0 Å². The van der Waals surface area contributed by atoms with E-state index in [1.165, 1.54) is 6.07 Å². The second kappa shape index (κ2) is 5.97. The number of hydrogen-bond donors (Lipinski definition) is 1. The first-order chi connectivity index (χ1) is 8.70. The van der Waals surface area contributed by atoms with Gasteiger partial charge in [0.1, 0.15) is 5.82 Å². The van der Waals surface area contributed by atoms with Crippen molar-refractivity contribution in [2.24, 2.45) is 0 Å². The average molecular weight is 314 g/mol. The number of rotatable bonds is 5. The molecule has 6 heteroatoms. The van der Waals surface area contributed by atoms with Crippen LogP contribution in [-0.2, 0) is 11.3 Å². The topological polar surface area (TPSA) is 39.1 Å². The molecule has 0 amide bonds. The largest absolute Gasteiger partial charge is 0.383 e. The van der Waals surface area contributed by atoms with E-state index < -0.39 is 0 Å². The van der Waals surface area contributed by atoms with Crippen molar-refractivity contribution in [3.8, 4) is 0 Å². The lowest BCUT2D eigenvalue weighted by Crippen LogP contribution is -2.07. The minimum absolute atomic E-state index is 0.289. The standard InChI is InChI=1S/C12H13BrFN3O/c1-18-7-6-17-5-4-15-12(17)16-9-2-3-11(14)10(13)8-9/h2-5,8H,6-7H2,1H3,(H,15,16). The fourth-order valence-corrected chi connectivity index (χ4v) is 1.89. The quantitative estimate of drug-likeness (QED) is 0.921. The number of aromatic nitrogens is 2. The molecule has 1 heterocycles. The van der Waals surface area contributed by atoms with Crippen molar-refractivity contribution in [1.82, 2.24) is 9.55 Å². The molecular weight excluding hydrogens is 301 g/mol. The number of halogens is 2. The monoisotopic (exact) mass is 313 g/mol. The second-order valence-corrected chi connectivity index (χ2v) is 4.55. The highest BCUT2D eigenvalue weighted by molar-refractivity contribution is 9.10. The predicted molar refractivity (Wildman–Crippen MR) is 71.5 cm³/mol. The Morgan fingerprint density at radius 3 is 3.06 bits per heavy atom. The molecule has 0 saturated carbocycles. The number of ether oxygens (including phenoxy) is 1. The fraction of sp³-hybridized carbons (Fsp3) is 0.250. The van der Waals surface area contributed by atoms with E-state index in [1.807, 2.05) is 10.8 Å². The Kier molecular flexibility index (Phi) is 4.33. The molecule has 2 rings (SSSR count). The number of benzene rings is 1. The summed E-state index contributed by atoms with van der Waals surface area (Å²) in [5.74, 6) is 0.411. The molecule has 18 heavy (non-hydrogen) atoms. The van der Waals surface area contributed by atoms with Crippen LogP contribution in [0.2, 0.25) is 0 Å². The van der Waals surface area contributed by atoms with E-state index in [1.54, 1.807) is 25.4 Å². The molecule has 4 nitrogen and oxygen atoms in total. The summed E-state index contributed by atoms with van der Waals surface area (Å²) in [5.41, 5.74) is 0.771. The first-order valence-corrected chi connectivity index (χ1v) is 6.22. The Morgan fingerprint density at radius 2 is 2.33 bits per heavy atom. The molecule has 0 aliphatic heterocycles. The van der Waals surface area contributed by atoms with Gasteiger partial charge in [0.25, 0.3) is 0 Å². The van der Waals surface area contributed by atoms with Crippen LogP contribution in [0.15, 0.2) is 35.1 Å². The van der Waals surface area contributed by atoms with E-state index in [0.29, 0.717) is 23.6 Å². The van der Waals surface area contributed by atoms with Crippen molar-refractivity contribution in [1.29, 1.82) is 0 Å². The molecular formula is C12H13BrFN3O. The van der Waals surface area contributed by atoms with E-state index in [-0.39, 0.29) is 5.82 Å². The maximum Gasteiger partial charge on any atom is 0.207 e. The first kappa shape index (κ1) is 13.0. The zero-order chi connectivity index (χ0) is 13.0. The van der Waals surface area contributed by atoms with Gasteiger partial charge in [0.15, 0.2) is 0 Å². The highest BCUT2D eigenvalue weighted by atomic mass is 79.9. The number of nitrogens with zero attached hydrogens (tertiary/aromatic N) is 2. The van der Waals surface area contributed by atoms with Crippen molar-refractivity contribution in [3.63, 3.8) is 0 Å². The SMILES string of the molecule is COCCn1ccnc1Nc1ccc(F)c(Br)c1. The van der Waals surface area contributed by atoms with Gasteiger partial charge in [0, 0.05) is 31.7 Å². The highest BCUT2D eigenvalue weighted by Crippen LogP contribution is 2.22. The Morgan fingerprint density at radius 1 is 1.50 bits per heavy atom. The van der Waals surface area contributed by atoms with Crippen LogP contribution in [0.3, 0.4) is 0 Å². The molecule has 96 valence electrons. The minimum atomic E-state index is -0.289. The molecule has 1 aromatic carbocycles. The zero-order valence-electron chi connectivity index (χ0n) is 9.86. The van der Waals surface area contributed by atoms with Crippen LogP contribution in [0, 0.1) is 5.82 Å². The van der Waals surface area contributed by atoms with E-state index in [4.69, 9.17) is 4.74 Å². The predicted octanol–water partition coefficient (Wildman–Crippen LogP) is 3.17. The number of anilines is 2. The van der Waals surface area contributed by atoms with Crippen molar-refractivity contribution in [2.75, 3.05) is 19.0 Å². The molecule has 2 aromatic rings. The summed E-state index contributed by atoms with van der Waals surface area (Å²) in [6.07, 6.45) is 3.57. The molecule has 0 bridgehead atoms. The van der Waals surface area contributed by atoms with Gasteiger partial charge in [0.2, 0.25) is 5.95 Å². The fourth-order valence-electron chi connectivity index (χ4n) is 1.51. The van der Waals surface area contributed by atoms with Crippen LogP contribution in [-0.4, -0.2) is 23.3 Å². The molecule has 0 unspecified atom stereocenters. The van der Waals surface area contributed by atoms with Crippen LogP contribution < -0.4 is 5.32 Å². The van der Waals surface area contributed by atoms with E-state index in [0.717, 1.165) is 5.69 Å². The minimum Gasteiger partial charge on any atom is -0.383 e. The molecule has 0 fully saturated rings. The molecule has 0 aliphatic carbocycles. The lowest BCUT2D eigenvalue weighted by atomic mass is 10.3. The van der Waals surface area contributed by atoms with Crippen LogP contribution >= 0.6 is 15.9 Å². The van der Waals surface area contributed by atoms with Gasteiger partial charge < -0.3 is 14.6 Å². The Balaban J connectivity index is 2.13.